The average Bonchev–Trinajstić information content (AvgIpc) is 3.22. The number of anilines is 1. The van der Waals surface area contributed by atoms with Crippen molar-refractivity contribution < 1.29 is 17.6 Å². The maximum absolute atomic E-state index is 12.2. The van der Waals surface area contributed by atoms with Crippen molar-refractivity contribution in [1.29, 1.82) is 0 Å². The van der Waals surface area contributed by atoms with Crippen molar-refractivity contribution in [2.24, 2.45) is 5.10 Å². The summed E-state index contributed by atoms with van der Waals surface area (Å²) < 4.78 is 30.4. The summed E-state index contributed by atoms with van der Waals surface area (Å²) in [6, 6.07) is 10.3. The Morgan fingerprint density at radius 1 is 1.32 bits per heavy atom. The Balaban J connectivity index is 1.85. The van der Waals surface area contributed by atoms with Crippen LogP contribution in [0.25, 0.3) is 0 Å². The maximum Gasteiger partial charge on any atom is 0.243 e. The molecule has 1 aromatic carbocycles. The van der Waals surface area contributed by atoms with E-state index in [1.165, 1.54) is 5.01 Å². The number of furan rings is 1. The minimum absolute atomic E-state index is 0.0771. The zero-order valence-corrected chi connectivity index (χ0v) is 14.8. The summed E-state index contributed by atoms with van der Waals surface area (Å²) >= 11 is 0. The first kappa shape index (κ1) is 17.2. The van der Waals surface area contributed by atoms with Crippen molar-refractivity contribution in [3.05, 3.63) is 54.0 Å². The Morgan fingerprint density at radius 2 is 2.04 bits per heavy atom. The van der Waals surface area contributed by atoms with Crippen LogP contribution in [0.3, 0.4) is 0 Å². The Bertz CT molecular complexity index is 886. The number of hydrogen-bond donors (Lipinski definition) is 1. The molecule has 0 unspecified atom stereocenters. The molecule has 25 heavy (non-hydrogen) atoms. The van der Waals surface area contributed by atoms with Gasteiger partial charge in [-0.15, -0.1) is 0 Å². The van der Waals surface area contributed by atoms with Crippen LogP contribution in [0.15, 0.2) is 52.2 Å². The summed E-state index contributed by atoms with van der Waals surface area (Å²) in [7, 11) is -3.32. The van der Waals surface area contributed by atoms with Crippen molar-refractivity contribution in [2.45, 2.75) is 25.8 Å². The highest BCUT2D eigenvalue weighted by Gasteiger charge is 2.34. The molecule has 1 N–H and O–H groups in total. The fourth-order valence-corrected chi connectivity index (χ4v) is 3.29. The first-order valence-corrected chi connectivity index (χ1v) is 9.77. The van der Waals surface area contributed by atoms with Crippen LogP contribution in [0.4, 0.5) is 5.69 Å². The highest BCUT2D eigenvalue weighted by atomic mass is 32.2. The molecule has 2 heterocycles. The first-order valence-electron chi connectivity index (χ1n) is 7.88. The van der Waals surface area contributed by atoms with Gasteiger partial charge in [0.15, 0.2) is 0 Å². The molecule has 1 aliphatic rings. The standard InChI is InChI=1S/C17H19N3O4S/c1-3-17(21)20-15(16-5-4-10-24-16)11-14(18-20)12-6-8-13(9-7-12)19-25(2,22)23/h4-10,15,19H,3,11H2,1-2H3/t15-/m0/s1. The van der Waals surface area contributed by atoms with E-state index in [1.54, 1.807) is 43.5 Å². The van der Waals surface area contributed by atoms with Gasteiger partial charge in [-0.1, -0.05) is 19.1 Å². The lowest BCUT2D eigenvalue weighted by Crippen LogP contribution is -2.25. The molecule has 8 heteroatoms. The zero-order chi connectivity index (χ0) is 18.0. The third-order valence-electron chi connectivity index (χ3n) is 3.86. The van der Waals surface area contributed by atoms with E-state index in [2.05, 4.69) is 9.82 Å². The third kappa shape index (κ3) is 3.90. The van der Waals surface area contributed by atoms with Crippen molar-refractivity contribution in [3.63, 3.8) is 0 Å². The normalized spacial score (nSPS) is 17.4. The largest absolute Gasteiger partial charge is 0.467 e. The SMILES string of the molecule is CCC(=O)N1N=C(c2ccc(NS(C)(=O)=O)cc2)C[C@H]1c1ccco1. The van der Waals surface area contributed by atoms with Crippen LogP contribution < -0.4 is 4.72 Å². The minimum Gasteiger partial charge on any atom is -0.467 e. The van der Waals surface area contributed by atoms with E-state index >= 15 is 0 Å². The van der Waals surface area contributed by atoms with Crippen LogP contribution in [0, 0.1) is 0 Å². The molecule has 0 saturated carbocycles. The van der Waals surface area contributed by atoms with E-state index in [-0.39, 0.29) is 11.9 Å². The molecule has 1 aliphatic heterocycles. The van der Waals surface area contributed by atoms with Gasteiger partial charge in [0.2, 0.25) is 15.9 Å². The smallest absolute Gasteiger partial charge is 0.243 e. The Labute approximate surface area is 146 Å². The Hall–Kier alpha value is -2.61. The molecular weight excluding hydrogens is 342 g/mol. The fourth-order valence-electron chi connectivity index (χ4n) is 2.72. The van der Waals surface area contributed by atoms with Gasteiger partial charge in [0.1, 0.15) is 11.8 Å². The van der Waals surface area contributed by atoms with E-state index < -0.39 is 10.0 Å². The monoisotopic (exact) mass is 361 g/mol. The second-order valence-electron chi connectivity index (χ2n) is 5.83. The van der Waals surface area contributed by atoms with Crippen molar-refractivity contribution >= 4 is 27.3 Å². The Morgan fingerprint density at radius 3 is 2.60 bits per heavy atom. The van der Waals surface area contributed by atoms with Crippen LogP contribution in [-0.4, -0.2) is 31.3 Å². The second-order valence-corrected chi connectivity index (χ2v) is 7.57. The first-order chi connectivity index (χ1) is 11.9. The van der Waals surface area contributed by atoms with Gasteiger partial charge in [0, 0.05) is 18.5 Å². The average molecular weight is 361 g/mol. The fraction of sp³-hybridized carbons (Fsp3) is 0.294. The van der Waals surface area contributed by atoms with E-state index in [4.69, 9.17) is 4.42 Å². The number of benzene rings is 1. The van der Waals surface area contributed by atoms with Gasteiger partial charge in [-0.3, -0.25) is 9.52 Å². The van der Waals surface area contributed by atoms with E-state index in [9.17, 15) is 13.2 Å². The lowest BCUT2D eigenvalue weighted by atomic mass is 10.0. The van der Waals surface area contributed by atoms with Crippen LogP contribution in [-0.2, 0) is 14.8 Å². The molecule has 0 saturated heterocycles. The third-order valence-corrected chi connectivity index (χ3v) is 4.47. The second kappa shape index (κ2) is 6.72. The van der Waals surface area contributed by atoms with Crippen molar-refractivity contribution in [3.8, 4) is 0 Å². The molecular formula is C17H19N3O4S. The molecule has 3 rings (SSSR count). The predicted octanol–water partition coefficient (Wildman–Crippen LogP) is 2.74. The number of rotatable bonds is 5. The molecule has 0 spiro atoms. The summed E-state index contributed by atoms with van der Waals surface area (Å²) in [5, 5.41) is 5.94. The van der Waals surface area contributed by atoms with Gasteiger partial charge in [-0.25, -0.2) is 13.4 Å². The highest BCUT2D eigenvalue weighted by Crippen LogP contribution is 2.33. The predicted molar refractivity (Wildman–Crippen MR) is 94.6 cm³/mol. The lowest BCUT2D eigenvalue weighted by Gasteiger charge is -2.18. The van der Waals surface area contributed by atoms with E-state index in [0.29, 0.717) is 24.3 Å². The summed E-state index contributed by atoms with van der Waals surface area (Å²) in [6.45, 7) is 1.79. The number of nitrogens with zero attached hydrogens (tertiary/aromatic N) is 2. The van der Waals surface area contributed by atoms with Crippen LogP contribution in [0.1, 0.15) is 37.1 Å². The minimum atomic E-state index is -3.32. The number of nitrogens with one attached hydrogen (secondary N) is 1. The lowest BCUT2D eigenvalue weighted by molar-refractivity contribution is -0.133. The Kier molecular flexibility index (Phi) is 4.63. The van der Waals surface area contributed by atoms with Gasteiger partial charge < -0.3 is 4.42 Å². The molecule has 132 valence electrons. The maximum atomic E-state index is 12.2. The van der Waals surface area contributed by atoms with Crippen LogP contribution >= 0.6 is 0 Å². The molecule has 2 aromatic rings. The van der Waals surface area contributed by atoms with Gasteiger partial charge in [-0.05, 0) is 29.8 Å². The summed E-state index contributed by atoms with van der Waals surface area (Å²) in [4.78, 5) is 12.2. The summed E-state index contributed by atoms with van der Waals surface area (Å²) in [5.41, 5.74) is 2.07. The van der Waals surface area contributed by atoms with Gasteiger partial charge in [-0.2, -0.15) is 5.10 Å². The highest BCUT2D eigenvalue weighted by molar-refractivity contribution is 7.92. The van der Waals surface area contributed by atoms with Crippen molar-refractivity contribution in [2.75, 3.05) is 11.0 Å². The van der Waals surface area contributed by atoms with E-state index in [0.717, 1.165) is 17.5 Å². The topological polar surface area (TPSA) is 92.0 Å². The quantitative estimate of drug-likeness (QED) is 0.886. The number of hydrazone groups is 1. The molecule has 0 bridgehead atoms. The molecule has 1 aromatic heterocycles. The van der Waals surface area contributed by atoms with Gasteiger partial charge in [0.25, 0.3) is 0 Å². The number of carbonyl (C=O) groups excluding carboxylic acids is 1. The van der Waals surface area contributed by atoms with Gasteiger partial charge >= 0.3 is 0 Å². The summed E-state index contributed by atoms with van der Waals surface area (Å²) in [5.74, 6) is 0.614. The number of hydrogen-bond acceptors (Lipinski definition) is 5. The summed E-state index contributed by atoms with van der Waals surface area (Å²) in [6.07, 6.45) is 3.57. The van der Waals surface area contributed by atoms with Crippen LogP contribution in [0.2, 0.25) is 0 Å². The zero-order valence-electron chi connectivity index (χ0n) is 14.0. The number of carbonyl (C=O) groups is 1. The molecule has 1 atom stereocenters. The molecule has 1 amide bonds. The molecule has 0 fully saturated rings. The number of amides is 1. The van der Waals surface area contributed by atoms with Crippen molar-refractivity contribution in [1.82, 2.24) is 5.01 Å². The van der Waals surface area contributed by atoms with Crippen LogP contribution in [0.5, 0.6) is 0 Å². The van der Waals surface area contributed by atoms with Gasteiger partial charge in [0.05, 0.1) is 18.2 Å². The molecule has 7 nitrogen and oxygen atoms in total. The van der Waals surface area contributed by atoms with E-state index in [1.807, 2.05) is 6.07 Å². The number of sulfonamides is 1. The molecule has 0 radical (unpaired) electrons. The molecule has 0 aliphatic carbocycles.